The van der Waals surface area contributed by atoms with Crippen LogP contribution in [0, 0.1) is 0 Å². The smallest absolute Gasteiger partial charge is 0.404 e. The van der Waals surface area contributed by atoms with E-state index in [2.05, 4.69) is 25.6 Å². The lowest BCUT2D eigenvalue weighted by atomic mass is 10.2. The second-order valence-corrected chi connectivity index (χ2v) is 8.53. The maximum atomic E-state index is 12.3. The van der Waals surface area contributed by atoms with Crippen LogP contribution in [-0.2, 0) is 4.79 Å². The number of hydrogen-bond donors (Lipinski definition) is 3. The lowest BCUT2D eigenvalue weighted by Gasteiger charge is -2.17. The zero-order valence-corrected chi connectivity index (χ0v) is 18.0. The topological polar surface area (TPSA) is 120 Å². The maximum Gasteiger partial charge on any atom is 0.404 e. The Morgan fingerprint density at radius 2 is 2.06 bits per heavy atom. The number of rotatable bonds is 6. The molecule has 0 spiro atoms. The van der Waals surface area contributed by atoms with Gasteiger partial charge in [-0.05, 0) is 25.1 Å². The molecule has 4 rings (SSSR count). The van der Waals surface area contributed by atoms with Gasteiger partial charge in [0.25, 0.3) is 0 Å². The van der Waals surface area contributed by atoms with Crippen molar-refractivity contribution in [3.63, 3.8) is 0 Å². The number of aromatic nitrogens is 3. The molecule has 31 heavy (non-hydrogen) atoms. The average molecular weight is 459 g/mol. The molecule has 1 unspecified atom stereocenters. The molecule has 0 radical (unpaired) electrons. The molecule has 160 valence electrons. The Hall–Kier alpha value is -3.24. The lowest BCUT2D eigenvalue weighted by molar-refractivity contribution is -0.117. The zero-order chi connectivity index (χ0) is 22.0. The second-order valence-electron chi connectivity index (χ2n) is 7.03. The van der Waals surface area contributed by atoms with Gasteiger partial charge < -0.3 is 15.7 Å². The van der Waals surface area contributed by atoms with Crippen molar-refractivity contribution in [2.45, 2.75) is 25.4 Å². The fraction of sp³-hybridized carbons (Fsp3) is 0.250. The van der Waals surface area contributed by atoms with E-state index in [9.17, 15) is 9.59 Å². The minimum absolute atomic E-state index is 0.101. The molecule has 1 saturated heterocycles. The van der Waals surface area contributed by atoms with Gasteiger partial charge in [0.05, 0.1) is 12.1 Å². The van der Waals surface area contributed by atoms with Crippen molar-refractivity contribution in [2.75, 3.05) is 16.8 Å². The van der Waals surface area contributed by atoms with Crippen LogP contribution in [0.25, 0.3) is 10.6 Å². The monoisotopic (exact) mass is 458 g/mol. The number of benzene rings is 1. The number of halogens is 1. The van der Waals surface area contributed by atoms with Crippen LogP contribution in [-0.4, -0.2) is 44.6 Å². The van der Waals surface area contributed by atoms with E-state index in [4.69, 9.17) is 16.7 Å². The van der Waals surface area contributed by atoms with Crippen LogP contribution in [0.3, 0.4) is 0 Å². The highest BCUT2D eigenvalue weighted by atomic mass is 35.5. The molecule has 0 saturated carbocycles. The van der Waals surface area contributed by atoms with Crippen LogP contribution in [0.1, 0.15) is 24.3 Å². The first kappa shape index (κ1) is 21.0. The van der Waals surface area contributed by atoms with E-state index in [1.54, 1.807) is 23.6 Å². The summed E-state index contributed by atoms with van der Waals surface area (Å²) in [6.45, 7) is 2.21. The van der Waals surface area contributed by atoms with Crippen molar-refractivity contribution in [2.24, 2.45) is 0 Å². The maximum absolute atomic E-state index is 12.3. The molecule has 2 aromatic heterocycles. The molecule has 1 fully saturated rings. The molecule has 3 N–H and O–H groups in total. The van der Waals surface area contributed by atoms with Gasteiger partial charge in [-0.3, -0.25) is 9.69 Å². The molecule has 11 heteroatoms. The van der Waals surface area contributed by atoms with Crippen LogP contribution < -0.4 is 15.5 Å². The summed E-state index contributed by atoms with van der Waals surface area (Å²) < 4.78 is 0. The van der Waals surface area contributed by atoms with Crippen LogP contribution in [0.15, 0.2) is 42.7 Å². The molecule has 1 aliphatic heterocycles. The molecule has 3 heterocycles. The van der Waals surface area contributed by atoms with Crippen LogP contribution in [0.4, 0.5) is 16.6 Å². The normalized spacial score (nSPS) is 16.9. The number of anilines is 2. The van der Waals surface area contributed by atoms with Gasteiger partial charge in [-0.15, -0.1) is 11.3 Å². The Labute approximate surface area is 187 Å². The summed E-state index contributed by atoms with van der Waals surface area (Å²) in [5, 5.41) is 16.0. The van der Waals surface area contributed by atoms with E-state index in [1.807, 2.05) is 37.4 Å². The van der Waals surface area contributed by atoms with Gasteiger partial charge in [0.1, 0.15) is 10.8 Å². The zero-order valence-electron chi connectivity index (χ0n) is 16.4. The van der Waals surface area contributed by atoms with Gasteiger partial charge in [0, 0.05) is 40.8 Å². The molecule has 1 aliphatic rings. The van der Waals surface area contributed by atoms with E-state index in [-0.39, 0.29) is 24.9 Å². The van der Waals surface area contributed by atoms with Crippen molar-refractivity contribution in [3.8, 4) is 10.6 Å². The Bertz CT molecular complexity index is 1110. The van der Waals surface area contributed by atoms with E-state index >= 15 is 0 Å². The first-order valence-electron chi connectivity index (χ1n) is 9.50. The van der Waals surface area contributed by atoms with Crippen LogP contribution >= 0.6 is 22.9 Å². The fourth-order valence-electron chi connectivity index (χ4n) is 3.25. The highest BCUT2D eigenvalue weighted by Gasteiger charge is 2.32. The van der Waals surface area contributed by atoms with E-state index in [0.717, 1.165) is 15.4 Å². The lowest BCUT2D eigenvalue weighted by Crippen LogP contribution is -2.36. The van der Waals surface area contributed by atoms with E-state index in [0.29, 0.717) is 16.8 Å². The fourth-order valence-corrected chi connectivity index (χ4v) is 4.30. The molecule has 9 nitrogen and oxygen atoms in total. The average Bonchev–Trinajstić information content (AvgIpc) is 3.35. The summed E-state index contributed by atoms with van der Waals surface area (Å²) in [5.74, 6) is 0.607. The molecule has 0 aliphatic carbocycles. The Morgan fingerprint density at radius 3 is 2.81 bits per heavy atom. The Morgan fingerprint density at radius 1 is 1.29 bits per heavy atom. The minimum atomic E-state index is -1.15. The third-order valence-electron chi connectivity index (χ3n) is 4.76. The summed E-state index contributed by atoms with van der Waals surface area (Å²) in [5.41, 5.74) is 0.989. The first-order valence-corrected chi connectivity index (χ1v) is 10.7. The third-order valence-corrected chi connectivity index (χ3v) is 6.24. The number of nitrogens with zero attached hydrogens (tertiary/aromatic N) is 4. The van der Waals surface area contributed by atoms with Crippen molar-refractivity contribution >= 4 is 46.7 Å². The van der Waals surface area contributed by atoms with Gasteiger partial charge in [0.2, 0.25) is 11.9 Å². The molecule has 2 amide bonds. The molecule has 2 atom stereocenters. The quantitative estimate of drug-likeness (QED) is 0.513. The number of carbonyl (C=O) groups excluding carboxylic acids is 1. The van der Waals surface area contributed by atoms with Gasteiger partial charge in [-0.1, -0.05) is 23.7 Å². The number of hydrogen-bond acceptors (Lipinski definition) is 7. The van der Waals surface area contributed by atoms with Crippen molar-refractivity contribution < 1.29 is 14.7 Å². The molecule has 0 bridgehead atoms. The predicted molar refractivity (Wildman–Crippen MR) is 119 cm³/mol. The van der Waals surface area contributed by atoms with E-state index < -0.39 is 12.1 Å². The van der Waals surface area contributed by atoms with Gasteiger partial charge in [-0.25, -0.2) is 14.8 Å². The number of carboxylic acid groups (broad SMARTS) is 1. The first-order chi connectivity index (χ1) is 14.9. The number of nitrogens with one attached hydrogen (secondary N) is 2. The Balaban J connectivity index is 1.45. The summed E-state index contributed by atoms with van der Waals surface area (Å²) in [6, 6.07) is 8.57. The number of carbonyl (C=O) groups is 2. The SMILES string of the molecule is C[C@H](Nc1nccc(N2CC(NC(=O)O)CC2=O)n1)c1cnc(-c2ccc(Cl)cc2)s1. The third kappa shape index (κ3) is 4.92. The van der Waals surface area contributed by atoms with E-state index in [1.165, 1.54) is 4.90 Å². The largest absolute Gasteiger partial charge is 0.465 e. The predicted octanol–water partition coefficient (Wildman–Crippen LogP) is 3.80. The summed E-state index contributed by atoms with van der Waals surface area (Å²) in [7, 11) is 0. The van der Waals surface area contributed by atoms with Gasteiger partial charge >= 0.3 is 6.09 Å². The summed E-state index contributed by atoms with van der Waals surface area (Å²) in [6.07, 6.45) is 2.32. The van der Waals surface area contributed by atoms with Crippen molar-refractivity contribution in [1.29, 1.82) is 0 Å². The Kier molecular flexibility index (Phi) is 6.01. The van der Waals surface area contributed by atoms with Gasteiger partial charge in [-0.2, -0.15) is 4.98 Å². The highest BCUT2D eigenvalue weighted by molar-refractivity contribution is 7.15. The molecule has 3 aromatic rings. The summed E-state index contributed by atoms with van der Waals surface area (Å²) in [4.78, 5) is 38.7. The van der Waals surface area contributed by atoms with Crippen molar-refractivity contribution in [3.05, 3.63) is 52.6 Å². The van der Waals surface area contributed by atoms with Crippen LogP contribution in [0.5, 0.6) is 0 Å². The standard InChI is InChI=1S/C20H19ClN6O3S/c1-11(15-9-23-18(31-15)12-2-4-13(21)5-3-12)24-19-22-7-6-16(26-19)27-10-14(8-17(27)28)25-20(29)30/h2-7,9,11,14,25H,8,10H2,1H3,(H,29,30)(H,22,24,26)/t11-,14?/m0/s1. The minimum Gasteiger partial charge on any atom is -0.465 e. The highest BCUT2D eigenvalue weighted by Crippen LogP contribution is 2.31. The van der Waals surface area contributed by atoms with Crippen LogP contribution in [0.2, 0.25) is 5.02 Å². The molecular weight excluding hydrogens is 440 g/mol. The number of amides is 2. The summed E-state index contributed by atoms with van der Waals surface area (Å²) >= 11 is 7.50. The molecule has 1 aromatic carbocycles. The van der Waals surface area contributed by atoms with Crippen molar-refractivity contribution in [1.82, 2.24) is 20.3 Å². The number of thiazole rings is 1. The molecular formula is C20H19ClN6O3S. The second kappa shape index (κ2) is 8.86. The van der Waals surface area contributed by atoms with Gasteiger partial charge in [0.15, 0.2) is 0 Å².